The number of hydrogen-bond donors (Lipinski definition) is 3. The molecular formula is C37H60N4O6. The van der Waals surface area contributed by atoms with Gasteiger partial charge < -0.3 is 20.7 Å². The van der Waals surface area contributed by atoms with Gasteiger partial charge in [0.25, 0.3) is 11.8 Å². The summed E-state index contributed by atoms with van der Waals surface area (Å²) in [6.07, 6.45) is 19.2. The van der Waals surface area contributed by atoms with Crippen LogP contribution < -0.4 is 20.7 Å². The number of unbranched alkanes of at least 4 members (excludes halogenated alkanes) is 14. The molecule has 1 aromatic carbocycles. The van der Waals surface area contributed by atoms with Crippen LogP contribution in [0.1, 0.15) is 144 Å². The van der Waals surface area contributed by atoms with E-state index in [1.54, 1.807) is 32.9 Å². The smallest absolute Gasteiger partial charge is 0.326 e. The summed E-state index contributed by atoms with van der Waals surface area (Å²) >= 11 is 0. The number of benzene rings is 1. The fourth-order valence-electron chi connectivity index (χ4n) is 5.74. The molecule has 5 amide bonds. The van der Waals surface area contributed by atoms with Gasteiger partial charge in [0, 0.05) is 17.5 Å². The van der Waals surface area contributed by atoms with Crippen LogP contribution in [0.3, 0.4) is 0 Å². The zero-order chi connectivity index (χ0) is 35.0. The number of urea groups is 1. The molecule has 1 aliphatic rings. The maximum absolute atomic E-state index is 13.6. The lowest BCUT2D eigenvalue weighted by Gasteiger charge is -2.29. The third-order valence-corrected chi connectivity index (χ3v) is 8.63. The van der Waals surface area contributed by atoms with E-state index < -0.39 is 40.6 Å². The molecule has 264 valence electrons. The van der Waals surface area contributed by atoms with Gasteiger partial charge in [-0.25, -0.2) is 9.69 Å². The molecule has 0 saturated carbocycles. The largest absolute Gasteiger partial charge is 0.495 e. The zero-order valence-corrected chi connectivity index (χ0v) is 30.0. The van der Waals surface area contributed by atoms with E-state index in [1.165, 1.54) is 104 Å². The molecule has 1 atom stereocenters. The average Bonchev–Trinajstić information content (AvgIpc) is 3.20. The lowest BCUT2D eigenvalue weighted by Crippen LogP contribution is -2.55. The van der Waals surface area contributed by atoms with Crippen LogP contribution in [-0.4, -0.2) is 53.1 Å². The molecule has 1 aromatic rings. The van der Waals surface area contributed by atoms with Gasteiger partial charge in [-0.2, -0.15) is 0 Å². The molecule has 1 saturated heterocycles. The summed E-state index contributed by atoms with van der Waals surface area (Å²) in [6.45, 7) is 10.1. The SMILES string of the molecule is CCCCCCCCCCCCCCCCCC(=O)Nc1ccc(OC)c(NC(=O)C(C(=O)C(C)(C)C)N2C(=O)NC(C)(C)C2=O)c1. The van der Waals surface area contributed by atoms with E-state index in [1.807, 2.05) is 0 Å². The van der Waals surface area contributed by atoms with Crippen LogP contribution in [0.2, 0.25) is 0 Å². The van der Waals surface area contributed by atoms with Crippen molar-refractivity contribution in [2.24, 2.45) is 5.41 Å². The Balaban J connectivity index is 1.85. The van der Waals surface area contributed by atoms with Crippen molar-refractivity contribution in [1.29, 1.82) is 0 Å². The van der Waals surface area contributed by atoms with Gasteiger partial charge in [0.2, 0.25) is 5.91 Å². The van der Waals surface area contributed by atoms with Gasteiger partial charge in [-0.15, -0.1) is 0 Å². The Bertz CT molecular complexity index is 1210. The van der Waals surface area contributed by atoms with Crippen molar-refractivity contribution in [3.63, 3.8) is 0 Å². The molecular weight excluding hydrogens is 596 g/mol. The minimum atomic E-state index is -1.70. The van der Waals surface area contributed by atoms with Gasteiger partial charge in [0.05, 0.1) is 12.8 Å². The van der Waals surface area contributed by atoms with Crippen molar-refractivity contribution < 1.29 is 28.7 Å². The monoisotopic (exact) mass is 656 g/mol. The number of amides is 5. The van der Waals surface area contributed by atoms with E-state index in [-0.39, 0.29) is 11.6 Å². The second kappa shape index (κ2) is 19.4. The van der Waals surface area contributed by atoms with Crippen LogP contribution in [0, 0.1) is 5.41 Å². The van der Waals surface area contributed by atoms with Crippen molar-refractivity contribution in [3.8, 4) is 5.75 Å². The number of rotatable bonds is 22. The first-order chi connectivity index (χ1) is 22.2. The molecule has 47 heavy (non-hydrogen) atoms. The number of nitrogens with one attached hydrogen (secondary N) is 3. The molecule has 1 fully saturated rings. The molecule has 10 heteroatoms. The van der Waals surface area contributed by atoms with Crippen LogP contribution in [0.4, 0.5) is 16.2 Å². The van der Waals surface area contributed by atoms with Gasteiger partial charge in [-0.05, 0) is 38.5 Å². The molecule has 3 N–H and O–H groups in total. The highest BCUT2D eigenvalue weighted by molar-refractivity contribution is 6.20. The zero-order valence-electron chi connectivity index (χ0n) is 30.0. The van der Waals surface area contributed by atoms with E-state index >= 15 is 0 Å². The molecule has 0 radical (unpaired) electrons. The van der Waals surface area contributed by atoms with Gasteiger partial charge in [-0.3, -0.25) is 19.2 Å². The molecule has 1 heterocycles. The maximum atomic E-state index is 13.6. The van der Waals surface area contributed by atoms with E-state index in [0.717, 1.165) is 19.3 Å². The molecule has 10 nitrogen and oxygen atoms in total. The summed E-state index contributed by atoms with van der Waals surface area (Å²) in [7, 11) is 1.43. The van der Waals surface area contributed by atoms with Crippen molar-refractivity contribution in [2.75, 3.05) is 17.7 Å². The van der Waals surface area contributed by atoms with E-state index in [9.17, 15) is 24.0 Å². The van der Waals surface area contributed by atoms with Crippen molar-refractivity contribution in [3.05, 3.63) is 18.2 Å². The molecule has 1 unspecified atom stereocenters. The lowest BCUT2D eigenvalue weighted by atomic mass is 9.85. The Morgan fingerprint density at radius 2 is 1.34 bits per heavy atom. The average molecular weight is 657 g/mol. The van der Waals surface area contributed by atoms with E-state index in [0.29, 0.717) is 22.8 Å². The van der Waals surface area contributed by atoms with Crippen molar-refractivity contribution >= 4 is 40.9 Å². The standard InChI is InChI=1S/C37H60N4O6/c1-8-9-10-11-12-13-14-15-16-17-18-19-20-21-22-23-30(42)38-27-24-25-29(47-7)28(26-27)39-33(44)31(32(43)36(2,3)4)41-34(45)37(5,6)40-35(41)46/h24-26,31H,8-23H2,1-7H3,(H,38,42)(H,39,44)(H,40,46). The van der Waals surface area contributed by atoms with Gasteiger partial charge in [-0.1, -0.05) is 118 Å². The summed E-state index contributed by atoms with van der Waals surface area (Å²) in [5.74, 6) is -1.97. The topological polar surface area (TPSA) is 134 Å². The first-order valence-electron chi connectivity index (χ1n) is 17.7. The highest BCUT2D eigenvalue weighted by atomic mass is 16.5. The number of ketones is 1. The fourth-order valence-corrected chi connectivity index (χ4v) is 5.74. The number of carbonyl (C=O) groups excluding carboxylic acids is 5. The number of methoxy groups -OCH3 is 1. The van der Waals surface area contributed by atoms with Crippen molar-refractivity contribution in [2.45, 2.75) is 156 Å². The van der Waals surface area contributed by atoms with Crippen LogP contribution in [-0.2, 0) is 19.2 Å². The second-order valence-corrected chi connectivity index (χ2v) is 14.4. The Morgan fingerprint density at radius 3 is 1.79 bits per heavy atom. The Labute approximate surface area is 282 Å². The first-order valence-corrected chi connectivity index (χ1v) is 17.7. The summed E-state index contributed by atoms with van der Waals surface area (Å²) in [4.78, 5) is 66.2. The minimum absolute atomic E-state index is 0.135. The number of ether oxygens (including phenoxy) is 1. The van der Waals surface area contributed by atoms with Crippen LogP contribution in [0.25, 0.3) is 0 Å². The fraction of sp³-hybridized carbons (Fsp3) is 0.703. The number of anilines is 2. The number of Topliss-reactive ketones (excluding diaryl/α,β-unsaturated/α-hetero) is 1. The lowest BCUT2D eigenvalue weighted by molar-refractivity contribution is -0.144. The Hall–Kier alpha value is -3.43. The summed E-state index contributed by atoms with van der Waals surface area (Å²) in [5.41, 5.74) is -1.65. The molecule has 0 bridgehead atoms. The van der Waals surface area contributed by atoms with E-state index in [2.05, 4.69) is 22.9 Å². The molecule has 0 aliphatic carbocycles. The number of carbonyl (C=O) groups is 5. The van der Waals surface area contributed by atoms with E-state index in [4.69, 9.17) is 4.74 Å². The third kappa shape index (κ3) is 12.9. The number of nitrogens with zero attached hydrogens (tertiary/aromatic N) is 1. The third-order valence-electron chi connectivity index (χ3n) is 8.63. The van der Waals surface area contributed by atoms with Crippen LogP contribution in [0.15, 0.2) is 18.2 Å². The first kappa shape index (κ1) is 39.7. The minimum Gasteiger partial charge on any atom is -0.495 e. The quantitative estimate of drug-likeness (QED) is 0.0655. The number of imide groups is 1. The normalized spacial score (nSPS) is 14.9. The predicted octanol–water partition coefficient (Wildman–Crippen LogP) is 8.15. The summed E-state index contributed by atoms with van der Waals surface area (Å²) in [6, 6.07) is 2.28. The summed E-state index contributed by atoms with van der Waals surface area (Å²) in [5, 5.41) is 8.07. The van der Waals surface area contributed by atoms with Crippen LogP contribution >= 0.6 is 0 Å². The predicted molar refractivity (Wildman–Crippen MR) is 188 cm³/mol. The Kier molecular flexibility index (Phi) is 16.4. The summed E-state index contributed by atoms with van der Waals surface area (Å²) < 4.78 is 5.40. The maximum Gasteiger partial charge on any atom is 0.326 e. The van der Waals surface area contributed by atoms with Crippen LogP contribution in [0.5, 0.6) is 5.75 Å². The van der Waals surface area contributed by atoms with Gasteiger partial charge in [0.15, 0.2) is 11.8 Å². The number of hydrogen-bond acceptors (Lipinski definition) is 6. The highest BCUT2D eigenvalue weighted by Crippen LogP contribution is 2.31. The molecule has 1 aliphatic heterocycles. The second-order valence-electron chi connectivity index (χ2n) is 14.4. The molecule has 2 rings (SSSR count). The Morgan fingerprint density at radius 1 is 0.830 bits per heavy atom. The molecule has 0 spiro atoms. The van der Waals surface area contributed by atoms with Gasteiger partial charge in [0.1, 0.15) is 11.3 Å². The highest BCUT2D eigenvalue weighted by Gasteiger charge is 2.53. The molecule has 0 aromatic heterocycles. The van der Waals surface area contributed by atoms with Gasteiger partial charge >= 0.3 is 6.03 Å². The van der Waals surface area contributed by atoms with Crippen molar-refractivity contribution in [1.82, 2.24) is 10.2 Å².